The van der Waals surface area contributed by atoms with Crippen LogP contribution in [0.4, 0.5) is 29.2 Å². The number of alkyl halides is 3. The van der Waals surface area contributed by atoms with Crippen LogP contribution in [-0.4, -0.2) is 49.7 Å². The Hall–Kier alpha value is -3.38. The van der Waals surface area contributed by atoms with Crippen molar-refractivity contribution in [2.75, 3.05) is 25.0 Å². The van der Waals surface area contributed by atoms with E-state index in [1.54, 1.807) is 0 Å². The standard InChI is InChI=1S/C24H21ClF4N6O3S/c25-19-12-17(3-6-20(19)26)31-22-32-21(33-23(34-22)38-14-24(27,28)29)11-15-7-9-35(10-8-15)39(36,37)18-4-1-16(13-30)2-5-18/h1-6,12,15H,7-11,14H2,(H-,31,32,33,34,36,37). The molecule has 1 aliphatic heterocycles. The lowest BCUT2D eigenvalue weighted by Crippen LogP contribution is -2.42. The van der Waals surface area contributed by atoms with Crippen molar-refractivity contribution in [3.8, 4) is 12.1 Å². The maximum absolute atomic E-state index is 13.5. The number of halogens is 5. The number of benzene rings is 2. The number of hydrogen-bond acceptors (Lipinski definition) is 8. The van der Waals surface area contributed by atoms with E-state index in [1.807, 2.05) is 6.07 Å². The summed E-state index contributed by atoms with van der Waals surface area (Å²) in [7, 11) is -3.75. The average Bonchev–Trinajstić information content (AvgIpc) is 2.89. The van der Waals surface area contributed by atoms with Crippen LogP contribution in [-0.2, 0) is 21.0 Å². The van der Waals surface area contributed by atoms with Gasteiger partial charge in [-0.1, -0.05) is 15.8 Å². The minimum absolute atomic E-state index is 0.0663. The van der Waals surface area contributed by atoms with Gasteiger partial charge in [-0.05, 0) is 61.2 Å². The Bertz CT molecular complexity index is 1410. The normalized spacial score (nSPS) is 16.3. The summed E-state index contributed by atoms with van der Waals surface area (Å²) < 4.78 is 83.6. The Morgan fingerprint density at radius 3 is 2.46 bits per heavy atom. The third kappa shape index (κ3) is 7.60. The zero-order valence-electron chi connectivity index (χ0n) is 20.1. The molecule has 1 N–H and O–H groups in total. The van der Waals surface area contributed by atoms with Gasteiger partial charge in [0.15, 0.2) is 21.9 Å². The largest absolute Gasteiger partial charge is 0.593 e. The summed E-state index contributed by atoms with van der Waals surface area (Å²) in [6.45, 7) is -1.17. The highest BCUT2D eigenvalue weighted by Gasteiger charge is 2.34. The minimum Gasteiger partial charge on any atom is -0.593 e. The number of rotatable bonds is 8. The molecule has 9 nitrogen and oxygen atoms in total. The van der Waals surface area contributed by atoms with Crippen LogP contribution in [0.1, 0.15) is 24.2 Å². The summed E-state index contributed by atoms with van der Waals surface area (Å²) in [5.41, 5.74) is 0.640. The Kier molecular flexibility index (Phi) is 8.65. The summed E-state index contributed by atoms with van der Waals surface area (Å²) in [5, 5.41) is 11.5. The Labute approximate surface area is 227 Å². The average molecular weight is 585 g/mol. The van der Waals surface area contributed by atoms with Crippen molar-refractivity contribution in [2.45, 2.75) is 30.3 Å². The highest BCUT2D eigenvalue weighted by Crippen LogP contribution is 2.29. The number of nitriles is 1. The van der Waals surface area contributed by atoms with Crippen molar-refractivity contribution < 1.29 is 31.1 Å². The minimum atomic E-state index is -4.61. The molecule has 0 spiro atoms. The smallest absolute Gasteiger partial charge is 0.422 e. The molecule has 0 saturated carbocycles. The molecule has 0 aliphatic carbocycles. The van der Waals surface area contributed by atoms with Gasteiger partial charge in [0.1, 0.15) is 11.6 Å². The van der Waals surface area contributed by atoms with Crippen molar-refractivity contribution in [2.24, 2.45) is 5.92 Å². The van der Waals surface area contributed by atoms with Crippen LogP contribution in [0, 0.1) is 23.1 Å². The first-order valence-corrected chi connectivity index (χ1v) is 13.4. The van der Waals surface area contributed by atoms with E-state index in [0.29, 0.717) is 24.1 Å². The van der Waals surface area contributed by atoms with Crippen molar-refractivity contribution in [1.82, 2.24) is 19.3 Å². The fourth-order valence-corrected chi connectivity index (χ4v) is 5.57. The molecular formula is C24H21ClF4N6O3S. The lowest BCUT2D eigenvalue weighted by molar-refractivity contribution is -0.154. The molecule has 0 radical (unpaired) electrons. The molecule has 1 aromatic heterocycles. The molecule has 0 amide bonds. The topological polar surface area (TPSA) is 127 Å². The lowest BCUT2D eigenvalue weighted by atomic mass is 9.94. The van der Waals surface area contributed by atoms with Gasteiger partial charge in [0.2, 0.25) is 5.95 Å². The third-order valence-electron chi connectivity index (χ3n) is 5.87. The van der Waals surface area contributed by atoms with Gasteiger partial charge in [0, 0.05) is 25.2 Å². The molecule has 0 bridgehead atoms. The fraction of sp³-hybridized carbons (Fsp3) is 0.333. The number of nitrogens with zero attached hydrogens (tertiary/aromatic N) is 5. The van der Waals surface area contributed by atoms with Gasteiger partial charge in [-0.3, -0.25) is 0 Å². The van der Waals surface area contributed by atoms with E-state index in [2.05, 4.69) is 20.3 Å². The van der Waals surface area contributed by atoms with Crippen molar-refractivity contribution in [3.05, 3.63) is 64.7 Å². The van der Waals surface area contributed by atoms with Crippen molar-refractivity contribution >= 4 is 33.6 Å². The van der Waals surface area contributed by atoms with E-state index >= 15 is 0 Å². The van der Waals surface area contributed by atoms with Gasteiger partial charge in [-0.25, -0.2) is 4.39 Å². The number of anilines is 2. The van der Waals surface area contributed by atoms with Crippen LogP contribution in [0.2, 0.25) is 5.02 Å². The van der Waals surface area contributed by atoms with Crippen LogP contribution in [0.25, 0.3) is 0 Å². The Morgan fingerprint density at radius 2 is 1.85 bits per heavy atom. The first-order chi connectivity index (χ1) is 18.4. The highest BCUT2D eigenvalue weighted by molar-refractivity contribution is 7.95. The van der Waals surface area contributed by atoms with E-state index in [4.69, 9.17) is 21.6 Å². The van der Waals surface area contributed by atoms with Crippen LogP contribution in [0.5, 0.6) is 6.01 Å². The molecule has 1 fully saturated rings. The number of ether oxygens (including phenoxy) is 1. The monoisotopic (exact) mass is 584 g/mol. The molecule has 39 heavy (non-hydrogen) atoms. The van der Waals surface area contributed by atoms with Gasteiger partial charge < -0.3 is 14.6 Å². The van der Waals surface area contributed by atoms with Gasteiger partial charge in [-0.2, -0.15) is 33.4 Å². The number of nitrogens with one attached hydrogen (secondary N) is 1. The second-order valence-corrected chi connectivity index (χ2v) is 11.0. The maximum Gasteiger partial charge on any atom is 0.422 e. The highest BCUT2D eigenvalue weighted by atomic mass is 35.5. The number of sulfonamides is 1. The molecule has 1 saturated heterocycles. The SMILES string of the molecule is N#Cc1ccc([S+](=O)([O-])N2CCC(Cc3nc(Nc4ccc(F)c(Cl)c4)nc(OCC(F)(F)F)n3)CC2)cc1. The fourth-order valence-electron chi connectivity index (χ4n) is 3.92. The van der Waals surface area contributed by atoms with Crippen LogP contribution >= 0.6 is 11.6 Å². The van der Waals surface area contributed by atoms with E-state index in [-0.39, 0.29) is 47.1 Å². The molecule has 15 heteroatoms. The van der Waals surface area contributed by atoms with Gasteiger partial charge in [0.25, 0.3) is 0 Å². The van der Waals surface area contributed by atoms with Gasteiger partial charge in [0.05, 0.1) is 16.7 Å². The second-order valence-electron chi connectivity index (χ2n) is 8.70. The van der Waals surface area contributed by atoms with Gasteiger partial charge >= 0.3 is 12.2 Å². The van der Waals surface area contributed by atoms with Crippen molar-refractivity contribution in [1.29, 1.82) is 5.26 Å². The zero-order valence-corrected chi connectivity index (χ0v) is 21.7. The van der Waals surface area contributed by atoms with Crippen LogP contribution in [0.15, 0.2) is 47.4 Å². The predicted molar refractivity (Wildman–Crippen MR) is 132 cm³/mol. The van der Waals surface area contributed by atoms with Crippen LogP contribution < -0.4 is 10.1 Å². The van der Waals surface area contributed by atoms with Gasteiger partial charge in [-0.15, -0.1) is 4.31 Å². The Balaban J connectivity index is 1.46. The van der Waals surface area contributed by atoms with E-state index < -0.39 is 35.0 Å². The molecule has 1 atom stereocenters. The van der Waals surface area contributed by atoms with E-state index in [1.165, 1.54) is 40.7 Å². The van der Waals surface area contributed by atoms with Crippen LogP contribution in [0.3, 0.4) is 0 Å². The molecular weight excluding hydrogens is 564 g/mol. The summed E-state index contributed by atoms with van der Waals surface area (Å²) >= 11 is 5.79. The summed E-state index contributed by atoms with van der Waals surface area (Å²) in [6.07, 6.45) is -3.47. The summed E-state index contributed by atoms with van der Waals surface area (Å²) in [4.78, 5) is 12.2. The van der Waals surface area contributed by atoms with E-state index in [0.717, 1.165) is 6.07 Å². The molecule has 4 rings (SSSR count). The quantitative estimate of drug-likeness (QED) is 0.287. The second kappa shape index (κ2) is 11.8. The predicted octanol–water partition coefficient (Wildman–Crippen LogP) is 5.08. The first kappa shape index (κ1) is 28.6. The Morgan fingerprint density at radius 1 is 1.15 bits per heavy atom. The summed E-state index contributed by atoms with van der Waals surface area (Å²) in [5.74, 6) is -0.698. The lowest BCUT2D eigenvalue weighted by Gasteiger charge is -2.33. The number of aromatic nitrogens is 3. The maximum atomic E-state index is 13.5. The summed E-state index contributed by atoms with van der Waals surface area (Å²) in [6, 6.07) is 10.8. The first-order valence-electron chi connectivity index (χ1n) is 11.6. The molecule has 1 unspecified atom stereocenters. The zero-order chi connectivity index (χ0) is 28.2. The van der Waals surface area contributed by atoms with Crippen molar-refractivity contribution in [3.63, 3.8) is 0 Å². The number of hydrogen-bond donors (Lipinski definition) is 1. The molecule has 2 aromatic carbocycles. The number of piperidine rings is 1. The third-order valence-corrected chi connectivity index (χ3v) is 8.07. The van der Waals surface area contributed by atoms with E-state index in [9.17, 15) is 26.3 Å². The molecule has 206 valence electrons. The molecule has 1 aliphatic rings. The molecule has 2 heterocycles. The molecule has 3 aromatic rings.